The number of carbonyl (C=O) groups excluding carboxylic acids is 3. The second-order valence-corrected chi connectivity index (χ2v) is 8.11. The van der Waals surface area contributed by atoms with E-state index in [0.29, 0.717) is 0 Å². The predicted octanol–water partition coefficient (Wildman–Crippen LogP) is -3.98. The predicted molar refractivity (Wildman–Crippen MR) is 127 cm³/mol. The molecule has 0 saturated carbocycles. The van der Waals surface area contributed by atoms with E-state index in [-0.39, 0.29) is 31.8 Å². The Balaban J connectivity index is 5.43. The summed E-state index contributed by atoms with van der Waals surface area (Å²) in [5, 5.41) is 43.6. The van der Waals surface area contributed by atoms with Gasteiger partial charge in [-0.15, -0.1) is 0 Å². The third kappa shape index (κ3) is 14.2. The van der Waals surface area contributed by atoms with E-state index in [1.807, 2.05) is 0 Å². The van der Waals surface area contributed by atoms with E-state index in [0.717, 1.165) is 6.92 Å². The van der Waals surface area contributed by atoms with Crippen LogP contribution in [0.1, 0.15) is 45.4 Å². The Morgan fingerprint density at radius 1 is 0.784 bits per heavy atom. The zero-order chi connectivity index (χ0) is 28.7. The number of carboxylic acid groups (broad SMARTS) is 3. The number of rotatable bonds is 18. The maximum atomic E-state index is 12.8. The molecular weight excluding hydrogens is 498 g/mol. The fourth-order valence-electron chi connectivity index (χ4n) is 2.91. The molecule has 0 saturated heterocycles. The summed E-state index contributed by atoms with van der Waals surface area (Å²) in [5.41, 5.74) is 16.0. The van der Waals surface area contributed by atoms with Crippen LogP contribution in [0.3, 0.4) is 0 Å². The Kier molecular flexibility index (Phi) is 14.8. The number of carboxylic acids is 3. The van der Waals surface area contributed by atoms with Gasteiger partial charge in [0.15, 0.2) is 5.96 Å². The highest BCUT2D eigenvalue weighted by molar-refractivity contribution is 5.94. The Bertz CT molecular complexity index is 860. The standard InChI is InChI=1S/C20H35N7O10/c1-9(28)15(18(35)26-12(19(36)37)3-2-8-24-20(22)23)27-17(34)11(5-7-14(31)32)25-16(33)10(21)4-6-13(29)30/h9-12,15,28H,2-8,21H2,1H3,(H,25,33)(H,26,35)(H,27,34)(H,29,30)(H,31,32)(H,36,37)(H4,22,23,24). The zero-order valence-electron chi connectivity index (χ0n) is 20.3. The topological polar surface area (TPSA) is 310 Å². The van der Waals surface area contributed by atoms with Crippen LogP contribution in [0.2, 0.25) is 0 Å². The number of nitrogens with zero attached hydrogens (tertiary/aromatic N) is 1. The average Bonchev–Trinajstić information content (AvgIpc) is 2.79. The van der Waals surface area contributed by atoms with Gasteiger partial charge in [0.1, 0.15) is 18.1 Å². The normalized spacial score (nSPS) is 14.7. The molecule has 0 rings (SSSR count). The largest absolute Gasteiger partial charge is 0.481 e. The maximum Gasteiger partial charge on any atom is 0.326 e. The number of aliphatic carboxylic acids is 3. The van der Waals surface area contributed by atoms with E-state index in [2.05, 4.69) is 20.9 Å². The summed E-state index contributed by atoms with van der Waals surface area (Å²) in [5.74, 6) is -7.13. The first-order valence-electron chi connectivity index (χ1n) is 11.2. The van der Waals surface area contributed by atoms with Crippen molar-refractivity contribution in [3.63, 3.8) is 0 Å². The van der Waals surface area contributed by atoms with Gasteiger partial charge in [0.05, 0.1) is 12.1 Å². The summed E-state index contributed by atoms with van der Waals surface area (Å²) in [6, 6.07) is -5.91. The van der Waals surface area contributed by atoms with Crippen LogP contribution < -0.4 is 33.2 Å². The smallest absolute Gasteiger partial charge is 0.326 e. The molecule has 3 amide bonds. The Morgan fingerprint density at radius 3 is 1.81 bits per heavy atom. The molecule has 5 atom stereocenters. The van der Waals surface area contributed by atoms with Crippen molar-refractivity contribution < 1.29 is 49.2 Å². The molecule has 17 nitrogen and oxygen atoms in total. The molecule has 0 radical (unpaired) electrons. The molecule has 210 valence electrons. The first kappa shape index (κ1) is 33.0. The van der Waals surface area contributed by atoms with Gasteiger partial charge < -0.3 is 53.6 Å². The number of amides is 3. The van der Waals surface area contributed by atoms with Crippen LogP contribution in [0, 0.1) is 0 Å². The lowest BCUT2D eigenvalue weighted by molar-refractivity contribution is -0.143. The fraction of sp³-hybridized carbons (Fsp3) is 0.650. The number of aliphatic imine (C=N–C) groups is 1. The van der Waals surface area contributed by atoms with E-state index < -0.39 is 85.2 Å². The second-order valence-electron chi connectivity index (χ2n) is 8.11. The van der Waals surface area contributed by atoms with E-state index in [9.17, 15) is 39.0 Å². The van der Waals surface area contributed by atoms with Crippen LogP contribution in [0.25, 0.3) is 0 Å². The lowest BCUT2D eigenvalue weighted by Gasteiger charge is -2.26. The van der Waals surface area contributed by atoms with Crippen molar-refractivity contribution in [2.45, 2.75) is 75.7 Å². The Morgan fingerprint density at radius 2 is 1.32 bits per heavy atom. The van der Waals surface area contributed by atoms with Crippen molar-refractivity contribution in [2.75, 3.05) is 6.54 Å². The number of guanidine groups is 1. The quantitative estimate of drug-likeness (QED) is 0.0457. The van der Waals surface area contributed by atoms with Gasteiger partial charge in [-0.3, -0.25) is 29.0 Å². The molecular formula is C20H35N7O10. The van der Waals surface area contributed by atoms with Crippen molar-refractivity contribution >= 4 is 41.6 Å². The first-order valence-corrected chi connectivity index (χ1v) is 11.2. The maximum absolute atomic E-state index is 12.8. The van der Waals surface area contributed by atoms with Gasteiger partial charge in [0.2, 0.25) is 17.7 Å². The number of aliphatic hydroxyl groups excluding tert-OH is 1. The van der Waals surface area contributed by atoms with Crippen LogP contribution in [-0.2, 0) is 28.8 Å². The van der Waals surface area contributed by atoms with E-state index in [1.54, 1.807) is 0 Å². The van der Waals surface area contributed by atoms with Crippen LogP contribution in [-0.4, -0.2) is 98.8 Å². The van der Waals surface area contributed by atoms with E-state index in [1.165, 1.54) is 0 Å². The third-order valence-corrected chi connectivity index (χ3v) is 4.91. The van der Waals surface area contributed by atoms with Crippen molar-refractivity contribution in [1.82, 2.24) is 16.0 Å². The molecule has 0 aromatic carbocycles. The molecule has 0 bridgehead atoms. The summed E-state index contributed by atoms with van der Waals surface area (Å²) >= 11 is 0. The molecule has 0 spiro atoms. The molecule has 37 heavy (non-hydrogen) atoms. The summed E-state index contributed by atoms with van der Waals surface area (Å²) in [6.45, 7) is 1.24. The molecule has 0 fully saturated rings. The van der Waals surface area contributed by atoms with Gasteiger partial charge in [-0.25, -0.2) is 4.79 Å². The highest BCUT2D eigenvalue weighted by Crippen LogP contribution is 2.05. The second kappa shape index (κ2) is 16.6. The minimum atomic E-state index is -1.67. The number of nitrogens with one attached hydrogen (secondary N) is 3. The minimum absolute atomic E-state index is 0.0795. The lowest BCUT2D eigenvalue weighted by atomic mass is 10.1. The average molecular weight is 534 g/mol. The molecule has 17 heteroatoms. The number of nitrogens with two attached hydrogens (primary N) is 3. The molecule has 0 aliphatic heterocycles. The molecule has 0 heterocycles. The summed E-state index contributed by atoms with van der Waals surface area (Å²) in [6.07, 6.45) is -3.08. The zero-order valence-corrected chi connectivity index (χ0v) is 20.3. The van der Waals surface area contributed by atoms with Gasteiger partial charge >= 0.3 is 17.9 Å². The molecule has 0 aliphatic carbocycles. The fourth-order valence-corrected chi connectivity index (χ4v) is 2.91. The molecule has 5 unspecified atom stereocenters. The monoisotopic (exact) mass is 533 g/mol. The molecule has 13 N–H and O–H groups in total. The van der Waals surface area contributed by atoms with E-state index in [4.69, 9.17) is 27.4 Å². The van der Waals surface area contributed by atoms with Crippen LogP contribution in [0.15, 0.2) is 4.99 Å². The number of hydrogen-bond donors (Lipinski definition) is 10. The van der Waals surface area contributed by atoms with Crippen LogP contribution >= 0.6 is 0 Å². The van der Waals surface area contributed by atoms with Crippen molar-refractivity contribution in [3.8, 4) is 0 Å². The number of carbonyl (C=O) groups is 6. The highest BCUT2D eigenvalue weighted by atomic mass is 16.4. The van der Waals surface area contributed by atoms with Crippen molar-refractivity contribution in [2.24, 2.45) is 22.2 Å². The SMILES string of the molecule is CC(O)C(NC(=O)C(CCC(=O)O)NC(=O)C(N)CCC(=O)O)C(=O)NC(CCCN=C(N)N)C(=O)O. The highest BCUT2D eigenvalue weighted by Gasteiger charge is 2.32. The van der Waals surface area contributed by atoms with Gasteiger partial charge in [-0.05, 0) is 32.6 Å². The van der Waals surface area contributed by atoms with Gasteiger partial charge in [-0.2, -0.15) is 0 Å². The summed E-state index contributed by atoms with van der Waals surface area (Å²) < 4.78 is 0. The number of aliphatic hydroxyl groups is 1. The van der Waals surface area contributed by atoms with Crippen molar-refractivity contribution in [3.05, 3.63) is 0 Å². The first-order chi connectivity index (χ1) is 17.1. The Hall–Kier alpha value is -3.99. The minimum Gasteiger partial charge on any atom is -0.481 e. The van der Waals surface area contributed by atoms with Crippen LogP contribution in [0.4, 0.5) is 0 Å². The van der Waals surface area contributed by atoms with Gasteiger partial charge in [0, 0.05) is 19.4 Å². The van der Waals surface area contributed by atoms with Gasteiger partial charge in [0.25, 0.3) is 0 Å². The molecule has 0 aromatic rings. The van der Waals surface area contributed by atoms with Crippen LogP contribution in [0.5, 0.6) is 0 Å². The van der Waals surface area contributed by atoms with Crippen molar-refractivity contribution in [1.29, 1.82) is 0 Å². The van der Waals surface area contributed by atoms with Gasteiger partial charge in [-0.1, -0.05) is 0 Å². The van der Waals surface area contributed by atoms with E-state index >= 15 is 0 Å². The number of hydrogen-bond acceptors (Lipinski definition) is 9. The summed E-state index contributed by atoms with van der Waals surface area (Å²) in [7, 11) is 0. The molecule has 0 aromatic heterocycles. The summed E-state index contributed by atoms with van der Waals surface area (Å²) in [4.78, 5) is 74.6. The third-order valence-electron chi connectivity index (χ3n) is 4.91. The Labute approximate surface area is 211 Å². The molecule has 0 aliphatic rings. The lowest BCUT2D eigenvalue weighted by Crippen LogP contribution is -2.59.